The highest BCUT2D eigenvalue weighted by molar-refractivity contribution is 5.89. The van der Waals surface area contributed by atoms with Crippen LogP contribution < -0.4 is 0 Å². The van der Waals surface area contributed by atoms with Crippen LogP contribution in [0.3, 0.4) is 0 Å². The quantitative estimate of drug-likeness (QED) is 0.719. The summed E-state index contributed by atoms with van der Waals surface area (Å²) in [7, 11) is 0. The molecule has 3 aromatic rings. The van der Waals surface area contributed by atoms with E-state index in [0.717, 1.165) is 16.7 Å². The van der Waals surface area contributed by atoms with Gasteiger partial charge in [0.05, 0.1) is 0 Å². The molecule has 2 aromatic carbocycles. The van der Waals surface area contributed by atoms with E-state index < -0.39 is 0 Å². The topological polar surface area (TPSA) is 59.2 Å². The molecule has 0 spiro atoms. The molecule has 5 nitrogen and oxygen atoms in total. The molecular formula is C19H19N3O2. The van der Waals surface area contributed by atoms with Gasteiger partial charge >= 0.3 is 11.8 Å². The van der Waals surface area contributed by atoms with E-state index in [-0.39, 0.29) is 11.8 Å². The van der Waals surface area contributed by atoms with Crippen molar-refractivity contribution in [3.63, 3.8) is 0 Å². The summed E-state index contributed by atoms with van der Waals surface area (Å²) in [5, 5.41) is 7.91. The van der Waals surface area contributed by atoms with Gasteiger partial charge in [0.15, 0.2) is 0 Å². The van der Waals surface area contributed by atoms with E-state index in [0.29, 0.717) is 19.0 Å². The second-order valence-corrected chi connectivity index (χ2v) is 5.58. The summed E-state index contributed by atoms with van der Waals surface area (Å²) in [6, 6.07) is 17.6. The number of hydrogen-bond donors (Lipinski definition) is 0. The molecule has 0 aliphatic rings. The highest BCUT2D eigenvalue weighted by Gasteiger charge is 2.21. The van der Waals surface area contributed by atoms with Crippen molar-refractivity contribution in [3.8, 4) is 11.5 Å². The number of hydrogen-bond acceptors (Lipinski definition) is 4. The Balaban J connectivity index is 1.77. The van der Waals surface area contributed by atoms with Crippen LogP contribution in [0.25, 0.3) is 11.5 Å². The number of benzene rings is 2. The number of amides is 1. The Morgan fingerprint density at radius 2 is 1.75 bits per heavy atom. The summed E-state index contributed by atoms with van der Waals surface area (Å²) < 4.78 is 5.58. The third-order valence-electron chi connectivity index (χ3n) is 3.79. The van der Waals surface area contributed by atoms with E-state index in [1.165, 1.54) is 0 Å². The second kappa shape index (κ2) is 7.08. The van der Waals surface area contributed by atoms with Crippen molar-refractivity contribution in [2.75, 3.05) is 6.54 Å². The van der Waals surface area contributed by atoms with Crippen LogP contribution in [0, 0.1) is 6.92 Å². The van der Waals surface area contributed by atoms with Gasteiger partial charge in [0.1, 0.15) is 0 Å². The molecule has 3 rings (SSSR count). The molecule has 0 saturated heterocycles. The number of rotatable bonds is 5. The lowest BCUT2D eigenvalue weighted by Crippen LogP contribution is -2.30. The van der Waals surface area contributed by atoms with Gasteiger partial charge in [-0.2, -0.15) is 0 Å². The molecule has 122 valence electrons. The minimum absolute atomic E-state index is 0.0170. The largest absolute Gasteiger partial charge is 0.412 e. The number of nitrogens with zero attached hydrogens (tertiary/aromatic N) is 3. The molecule has 24 heavy (non-hydrogen) atoms. The highest BCUT2D eigenvalue weighted by Crippen LogP contribution is 2.19. The van der Waals surface area contributed by atoms with E-state index in [4.69, 9.17) is 4.42 Å². The van der Waals surface area contributed by atoms with Crippen LogP contribution in [0.1, 0.15) is 28.7 Å². The molecule has 0 saturated carbocycles. The first kappa shape index (κ1) is 15.9. The molecule has 0 fully saturated rings. The van der Waals surface area contributed by atoms with Crippen LogP contribution >= 0.6 is 0 Å². The van der Waals surface area contributed by atoms with E-state index >= 15 is 0 Å². The van der Waals surface area contributed by atoms with Crippen molar-refractivity contribution in [1.82, 2.24) is 15.1 Å². The molecule has 1 amide bonds. The van der Waals surface area contributed by atoms with Crippen molar-refractivity contribution >= 4 is 5.91 Å². The molecule has 1 heterocycles. The third kappa shape index (κ3) is 3.51. The lowest BCUT2D eigenvalue weighted by molar-refractivity contribution is 0.0713. The first-order chi connectivity index (χ1) is 11.7. The Morgan fingerprint density at radius 1 is 1.04 bits per heavy atom. The minimum Gasteiger partial charge on any atom is -0.412 e. The SMILES string of the molecule is CCN(Cc1ccccc1)C(=O)c1nnc(-c2ccc(C)cc2)o1. The van der Waals surface area contributed by atoms with Crippen LogP contribution in [0.15, 0.2) is 59.0 Å². The number of carbonyl (C=O) groups is 1. The zero-order valence-electron chi connectivity index (χ0n) is 13.8. The molecule has 0 aliphatic carbocycles. The lowest BCUT2D eigenvalue weighted by atomic mass is 10.1. The van der Waals surface area contributed by atoms with Gasteiger partial charge in [-0.25, -0.2) is 0 Å². The Hall–Kier alpha value is -2.95. The smallest absolute Gasteiger partial charge is 0.311 e. The number of aryl methyl sites for hydroxylation is 1. The predicted molar refractivity (Wildman–Crippen MR) is 91.3 cm³/mol. The van der Waals surface area contributed by atoms with Gasteiger partial charge < -0.3 is 9.32 Å². The third-order valence-corrected chi connectivity index (χ3v) is 3.79. The van der Waals surface area contributed by atoms with Crippen molar-refractivity contribution < 1.29 is 9.21 Å². The molecule has 0 N–H and O–H groups in total. The molecule has 0 unspecified atom stereocenters. The molecule has 0 bridgehead atoms. The van der Waals surface area contributed by atoms with Gasteiger partial charge in [-0.15, -0.1) is 10.2 Å². The molecule has 0 radical (unpaired) electrons. The first-order valence-electron chi connectivity index (χ1n) is 7.91. The maximum absolute atomic E-state index is 12.6. The van der Waals surface area contributed by atoms with E-state index in [2.05, 4.69) is 10.2 Å². The monoisotopic (exact) mass is 321 g/mol. The minimum atomic E-state index is -0.257. The van der Waals surface area contributed by atoms with Crippen molar-refractivity contribution in [2.45, 2.75) is 20.4 Å². The summed E-state index contributed by atoms with van der Waals surface area (Å²) >= 11 is 0. The van der Waals surface area contributed by atoms with Crippen LogP contribution in [-0.4, -0.2) is 27.5 Å². The maximum Gasteiger partial charge on any atom is 0.311 e. The molecule has 1 aromatic heterocycles. The fourth-order valence-electron chi connectivity index (χ4n) is 2.39. The normalized spacial score (nSPS) is 10.6. The molecule has 0 aliphatic heterocycles. The second-order valence-electron chi connectivity index (χ2n) is 5.58. The first-order valence-corrected chi connectivity index (χ1v) is 7.91. The van der Waals surface area contributed by atoms with Crippen molar-refractivity contribution in [1.29, 1.82) is 0 Å². The van der Waals surface area contributed by atoms with Gasteiger partial charge in [-0.1, -0.05) is 48.0 Å². The Kier molecular flexibility index (Phi) is 4.70. The van der Waals surface area contributed by atoms with E-state index in [1.807, 2.05) is 68.4 Å². The van der Waals surface area contributed by atoms with Gasteiger partial charge in [0, 0.05) is 18.7 Å². The zero-order valence-corrected chi connectivity index (χ0v) is 13.8. The summed E-state index contributed by atoms with van der Waals surface area (Å²) in [4.78, 5) is 14.3. The molecule has 5 heteroatoms. The lowest BCUT2D eigenvalue weighted by Gasteiger charge is -2.18. The standard InChI is InChI=1S/C19H19N3O2/c1-3-22(13-15-7-5-4-6-8-15)19(23)18-21-20-17(24-18)16-11-9-14(2)10-12-16/h4-12H,3,13H2,1-2H3. The Labute approximate surface area is 140 Å². The fourth-order valence-corrected chi connectivity index (χ4v) is 2.39. The fraction of sp³-hybridized carbons (Fsp3) is 0.211. The van der Waals surface area contributed by atoms with Crippen LogP contribution in [0.4, 0.5) is 0 Å². The van der Waals surface area contributed by atoms with Gasteiger partial charge in [0.2, 0.25) is 5.89 Å². The predicted octanol–water partition coefficient (Wildman–Crippen LogP) is 3.71. The summed E-state index contributed by atoms with van der Waals surface area (Å²) in [6.45, 7) is 5.02. The molecular weight excluding hydrogens is 302 g/mol. The van der Waals surface area contributed by atoms with Crippen LogP contribution in [0.2, 0.25) is 0 Å². The van der Waals surface area contributed by atoms with Gasteiger partial charge in [-0.3, -0.25) is 4.79 Å². The van der Waals surface area contributed by atoms with Crippen molar-refractivity contribution in [3.05, 3.63) is 71.6 Å². The van der Waals surface area contributed by atoms with Gasteiger partial charge in [-0.05, 0) is 31.5 Å². The Morgan fingerprint density at radius 3 is 2.42 bits per heavy atom. The van der Waals surface area contributed by atoms with E-state index in [1.54, 1.807) is 4.90 Å². The summed E-state index contributed by atoms with van der Waals surface area (Å²) in [6.07, 6.45) is 0. The summed E-state index contributed by atoms with van der Waals surface area (Å²) in [5.74, 6) is 0.115. The van der Waals surface area contributed by atoms with Crippen LogP contribution in [-0.2, 0) is 6.54 Å². The molecule has 0 atom stereocenters. The zero-order chi connectivity index (χ0) is 16.9. The number of aromatic nitrogens is 2. The Bertz CT molecular complexity index is 810. The van der Waals surface area contributed by atoms with Gasteiger partial charge in [0.25, 0.3) is 0 Å². The summed E-state index contributed by atoms with van der Waals surface area (Å²) in [5.41, 5.74) is 3.01. The van der Waals surface area contributed by atoms with Crippen LogP contribution in [0.5, 0.6) is 0 Å². The number of carbonyl (C=O) groups excluding carboxylic acids is 1. The average Bonchev–Trinajstić information content (AvgIpc) is 3.10. The van der Waals surface area contributed by atoms with E-state index in [9.17, 15) is 4.79 Å². The maximum atomic E-state index is 12.6. The average molecular weight is 321 g/mol. The highest BCUT2D eigenvalue weighted by atomic mass is 16.4. The van der Waals surface area contributed by atoms with Crippen molar-refractivity contribution in [2.24, 2.45) is 0 Å².